The first-order valence-electron chi connectivity index (χ1n) is 11.9. The Balaban J connectivity index is 1.29. The first-order chi connectivity index (χ1) is 18.3. The van der Waals surface area contributed by atoms with Crippen molar-refractivity contribution in [3.8, 4) is 11.9 Å². The van der Waals surface area contributed by atoms with Crippen LogP contribution < -0.4 is 9.47 Å². The van der Waals surface area contributed by atoms with E-state index in [1.165, 1.54) is 11.0 Å². The molecule has 2 aliphatic heterocycles. The first-order valence-corrected chi connectivity index (χ1v) is 12.3. The second-order valence-corrected chi connectivity index (χ2v) is 9.23. The predicted octanol–water partition coefficient (Wildman–Crippen LogP) is 1.83. The van der Waals surface area contributed by atoms with Gasteiger partial charge in [0.05, 0.1) is 30.9 Å². The van der Waals surface area contributed by atoms with Crippen LogP contribution in [-0.2, 0) is 16.1 Å². The van der Waals surface area contributed by atoms with Crippen LogP contribution in [0.2, 0.25) is 5.02 Å². The lowest BCUT2D eigenvalue weighted by Gasteiger charge is -2.20. The first kappa shape index (κ1) is 26.5. The average molecular weight is 555 g/mol. The van der Waals surface area contributed by atoms with E-state index in [9.17, 15) is 18.7 Å². The van der Waals surface area contributed by atoms with Crippen LogP contribution in [0.4, 0.5) is 8.78 Å². The molecule has 38 heavy (non-hydrogen) atoms. The van der Waals surface area contributed by atoms with Crippen molar-refractivity contribution < 1.29 is 42.7 Å². The summed E-state index contributed by atoms with van der Waals surface area (Å²) >= 11 is 6.26. The van der Waals surface area contributed by atoms with Gasteiger partial charge in [0.15, 0.2) is 11.8 Å². The van der Waals surface area contributed by atoms with Gasteiger partial charge in [-0.3, -0.25) is 4.79 Å². The smallest absolute Gasteiger partial charge is 0.296 e. The van der Waals surface area contributed by atoms with E-state index in [-0.39, 0.29) is 61.0 Å². The number of H-pyrrole nitrogens is 1. The standard InChI is InChI=1S/C24H25ClF2N4O7/c1-2-31(3-4-32)23(34)11-5-14(26)12(15(27)6-11)8-37-22-13(25)7-16-21(29-22)30-24(28-16)38-18-10-36-19-17(33)9-35-20(18)19/h5-7,17-20,32-33H,2-4,8-10H2,1H3,(H,28,29,30)/t17-,18-,19?,20-/m1/s1. The van der Waals surface area contributed by atoms with E-state index in [1.807, 2.05) is 0 Å². The maximum atomic E-state index is 14.7. The number of nitrogens with zero attached hydrogens (tertiary/aromatic N) is 3. The molecule has 1 amide bonds. The number of pyridine rings is 1. The van der Waals surface area contributed by atoms with Gasteiger partial charge in [-0.1, -0.05) is 11.6 Å². The summed E-state index contributed by atoms with van der Waals surface area (Å²) < 4.78 is 51.9. The number of benzene rings is 1. The Morgan fingerprint density at radius 2 is 1.95 bits per heavy atom. The van der Waals surface area contributed by atoms with Crippen LogP contribution in [0.3, 0.4) is 0 Å². The highest BCUT2D eigenvalue weighted by molar-refractivity contribution is 6.32. The second-order valence-electron chi connectivity index (χ2n) is 8.82. The Morgan fingerprint density at radius 1 is 1.21 bits per heavy atom. The van der Waals surface area contributed by atoms with Gasteiger partial charge in [-0.2, -0.15) is 9.97 Å². The van der Waals surface area contributed by atoms with E-state index < -0.39 is 54.1 Å². The van der Waals surface area contributed by atoms with Crippen molar-refractivity contribution in [2.75, 3.05) is 32.9 Å². The molecule has 4 atom stereocenters. The van der Waals surface area contributed by atoms with Crippen LogP contribution in [0.1, 0.15) is 22.8 Å². The van der Waals surface area contributed by atoms with Crippen molar-refractivity contribution in [1.82, 2.24) is 19.9 Å². The number of aliphatic hydroxyl groups is 2. The third kappa shape index (κ3) is 5.12. The molecule has 0 radical (unpaired) electrons. The molecule has 0 saturated carbocycles. The fourth-order valence-electron chi connectivity index (χ4n) is 4.44. The number of carbonyl (C=O) groups is 1. The number of imidazole rings is 1. The molecule has 2 aliphatic rings. The fraction of sp³-hybridized carbons (Fsp3) is 0.458. The highest BCUT2D eigenvalue weighted by Crippen LogP contribution is 2.31. The average Bonchev–Trinajstić information content (AvgIpc) is 3.58. The van der Waals surface area contributed by atoms with Crippen molar-refractivity contribution in [1.29, 1.82) is 0 Å². The minimum absolute atomic E-state index is 0.0441. The largest absolute Gasteiger partial charge is 0.471 e. The number of carbonyl (C=O) groups excluding carboxylic acids is 1. The zero-order valence-corrected chi connectivity index (χ0v) is 21.0. The summed E-state index contributed by atoms with van der Waals surface area (Å²) in [6, 6.07) is 3.45. The molecule has 204 valence electrons. The van der Waals surface area contributed by atoms with Gasteiger partial charge < -0.3 is 39.0 Å². The van der Waals surface area contributed by atoms with Gasteiger partial charge >= 0.3 is 0 Å². The highest BCUT2D eigenvalue weighted by atomic mass is 35.5. The van der Waals surface area contributed by atoms with Crippen LogP contribution in [0.25, 0.3) is 11.2 Å². The zero-order valence-electron chi connectivity index (χ0n) is 20.2. The Morgan fingerprint density at radius 3 is 2.66 bits per heavy atom. The zero-order chi connectivity index (χ0) is 27.0. The molecule has 3 N–H and O–H groups in total. The number of amides is 1. The van der Waals surface area contributed by atoms with Crippen molar-refractivity contribution in [3.63, 3.8) is 0 Å². The van der Waals surface area contributed by atoms with Crippen molar-refractivity contribution in [2.24, 2.45) is 0 Å². The lowest BCUT2D eigenvalue weighted by Crippen LogP contribution is -2.34. The molecule has 1 aromatic carbocycles. The van der Waals surface area contributed by atoms with Crippen LogP contribution in [0.5, 0.6) is 11.9 Å². The molecule has 2 aromatic heterocycles. The second kappa shape index (κ2) is 10.9. The predicted molar refractivity (Wildman–Crippen MR) is 128 cm³/mol. The summed E-state index contributed by atoms with van der Waals surface area (Å²) in [5.41, 5.74) is 0.0268. The van der Waals surface area contributed by atoms with E-state index in [4.69, 9.17) is 35.7 Å². The Bertz CT molecular complexity index is 1320. The van der Waals surface area contributed by atoms with Crippen molar-refractivity contribution in [2.45, 2.75) is 37.9 Å². The van der Waals surface area contributed by atoms with E-state index in [2.05, 4.69) is 15.0 Å². The summed E-state index contributed by atoms with van der Waals surface area (Å²) in [6.45, 7) is 1.56. The van der Waals surface area contributed by atoms with Crippen molar-refractivity contribution >= 4 is 28.7 Å². The number of nitrogens with one attached hydrogen (secondary N) is 1. The van der Waals surface area contributed by atoms with Gasteiger partial charge in [-0.25, -0.2) is 8.78 Å². The molecule has 0 spiro atoms. The van der Waals surface area contributed by atoms with Gasteiger partial charge in [0.2, 0.25) is 5.88 Å². The molecule has 4 heterocycles. The van der Waals surface area contributed by atoms with Crippen LogP contribution in [-0.4, -0.2) is 93.3 Å². The molecule has 1 unspecified atom stereocenters. The maximum Gasteiger partial charge on any atom is 0.296 e. The van der Waals surface area contributed by atoms with Crippen molar-refractivity contribution in [3.05, 3.63) is 46.0 Å². The highest BCUT2D eigenvalue weighted by Gasteiger charge is 2.48. The third-order valence-electron chi connectivity index (χ3n) is 6.40. The Kier molecular flexibility index (Phi) is 7.63. The molecule has 14 heteroatoms. The van der Waals surface area contributed by atoms with Crippen LogP contribution >= 0.6 is 11.6 Å². The summed E-state index contributed by atoms with van der Waals surface area (Å²) in [5, 5.41) is 19.0. The molecule has 0 aliphatic carbocycles. The number of ether oxygens (including phenoxy) is 4. The number of rotatable bonds is 9. The third-order valence-corrected chi connectivity index (χ3v) is 6.67. The normalized spacial score (nSPS) is 22.6. The Hall–Kier alpha value is -3.10. The van der Waals surface area contributed by atoms with Gasteiger partial charge in [0.25, 0.3) is 11.9 Å². The van der Waals surface area contributed by atoms with E-state index in [0.717, 1.165) is 12.1 Å². The lowest BCUT2D eigenvalue weighted by atomic mass is 10.1. The van der Waals surface area contributed by atoms with Gasteiger partial charge in [-0.05, 0) is 25.1 Å². The molecule has 0 bridgehead atoms. The molecular weight excluding hydrogens is 530 g/mol. The number of hydrogen-bond donors (Lipinski definition) is 3. The number of aliphatic hydroxyl groups excluding tert-OH is 2. The number of likely N-dealkylation sites (N-methyl/N-ethyl adjacent to an activating group) is 1. The summed E-state index contributed by atoms with van der Waals surface area (Å²) in [7, 11) is 0. The van der Waals surface area contributed by atoms with E-state index in [0.29, 0.717) is 5.52 Å². The minimum Gasteiger partial charge on any atom is -0.471 e. The lowest BCUT2D eigenvalue weighted by molar-refractivity contribution is 0.00706. The SMILES string of the molecule is CCN(CCO)C(=O)c1cc(F)c(COc2nc3nc(O[C@@H]4COC5[C@H](O)CO[C@@H]54)[nH]c3cc2Cl)c(F)c1. The fourth-order valence-corrected chi connectivity index (χ4v) is 4.64. The summed E-state index contributed by atoms with van der Waals surface area (Å²) in [5.74, 6) is -2.66. The topological polar surface area (TPSA) is 139 Å². The number of halogens is 3. The van der Waals surface area contributed by atoms with Gasteiger partial charge in [0.1, 0.15) is 41.6 Å². The molecule has 11 nitrogen and oxygen atoms in total. The number of fused-ring (bicyclic) bond motifs is 2. The number of aromatic amines is 1. The number of aromatic nitrogens is 3. The minimum atomic E-state index is -0.975. The molecule has 3 aromatic rings. The van der Waals surface area contributed by atoms with E-state index >= 15 is 0 Å². The monoisotopic (exact) mass is 554 g/mol. The Labute approximate surface area is 220 Å². The van der Waals surface area contributed by atoms with E-state index in [1.54, 1.807) is 6.92 Å². The quantitative estimate of drug-likeness (QED) is 0.361. The molecule has 5 rings (SSSR count). The summed E-state index contributed by atoms with van der Waals surface area (Å²) in [4.78, 5) is 25.2. The molecular formula is C24H25ClF2N4O7. The molecule has 2 fully saturated rings. The summed E-state index contributed by atoms with van der Waals surface area (Å²) in [6.07, 6.45) is -2.10. The molecule has 2 saturated heterocycles. The van der Waals surface area contributed by atoms with Gasteiger partial charge in [0, 0.05) is 18.7 Å². The van der Waals surface area contributed by atoms with Crippen LogP contribution in [0, 0.1) is 11.6 Å². The van der Waals surface area contributed by atoms with Crippen LogP contribution in [0.15, 0.2) is 18.2 Å². The number of hydrogen-bond acceptors (Lipinski definition) is 9. The maximum absolute atomic E-state index is 14.7. The van der Waals surface area contributed by atoms with Gasteiger partial charge in [-0.15, -0.1) is 0 Å².